The second-order valence-electron chi connectivity index (χ2n) is 8.44. The first kappa shape index (κ1) is 22.3. The molecule has 1 fully saturated rings. The quantitative estimate of drug-likeness (QED) is 0.453. The van der Waals surface area contributed by atoms with Gasteiger partial charge >= 0.3 is 0 Å². The van der Waals surface area contributed by atoms with Gasteiger partial charge < -0.3 is 19.4 Å². The van der Waals surface area contributed by atoms with Gasteiger partial charge in [-0.2, -0.15) is 0 Å². The van der Waals surface area contributed by atoms with E-state index in [-0.39, 0.29) is 12.0 Å². The summed E-state index contributed by atoms with van der Waals surface area (Å²) in [6, 6.07) is 16.4. The van der Waals surface area contributed by atoms with Crippen molar-refractivity contribution in [3.63, 3.8) is 0 Å². The van der Waals surface area contributed by atoms with E-state index in [1.807, 2.05) is 18.2 Å². The third kappa shape index (κ3) is 5.88. The zero-order valence-corrected chi connectivity index (χ0v) is 18.9. The summed E-state index contributed by atoms with van der Waals surface area (Å²) in [6.45, 7) is 4.85. The van der Waals surface area contributed by atoms with Crippen molar-refractivity contribution in [3.05, 3.63) is 59.9 Å². The molecule has 32 heavy (non-hydrogen) atoms. The van der Waals surface area contributed by atoms with Crippen LogP contribution in [-0.2, 0) is 22.5 Å². The minimum Gasteiger partial charge on any atom is -0.492 e. The number of unbranched alkanes of at least 4 members (excludes halogenated alkanes) is 2. The fourth-order valence-electron chi connectivity index (χ4n) is 4.22. The van der Waals surface area contributed by atoms with Gasteiger partial charge in [0.1, 0.15) is 24.3 Å². The van der Waals surface area contributed by atoms with Crippen molar-refractivity contribution in [1.82, 2.24) is 14.9 Å². The Morgan fingerprint density at radius 2 is 2.09 bits per heavy atom. The second kappa shape index (κ2) is 11.1. The van der Waals surface area contributed by atoms with Crippen molar-refractivity contribution in [1.29, 1.82) is 0 Å². The molecule has 2 heterocycles. The van der Waals surface area contributed by atoms with E-state index in [0.717, 1.165) is 67.7 Å². The fraction of sp³-hybridized carbons (Fsp3) is 0.462. The molecule has 170 valence electrons. The van der Waals surface area contributed by atoms with E-state index in [2.05, 4.69) is 47.1 Å². The first-order valence-electron chi connectivity index (χ1n) is 11.7. The number of fused-ring (bicyclic) bond motifs is 1. The number of aryl methyl sites for hydroxylation is 2. The summed E-state index contributed by atoms with van der Waals surface area (Å²) in [5, 5.41) is 3.00. The molecule has 1 N–H and O–H groups in total. The summed E-state index contributed by atoms with van der Waals surface area (Å²) in [5.74, 6) is 2.04. The number of hydrogen-bond donors (Lipinski definition) is 1. The summed E-state index contributed by atoms with van der Waals surface area (Å²) in [4.78, 5) is 16.9. The number of nitrogens with zero attached hydrogens (tertiary/aromatic N) is 2. The average molecular weight is 436 g/mol. The number of nitrogens with one attached hydrogen (secondary N) is 1. The number of benzene rings is 2. The Kier molecular flexibility index (Phi) is 7.77. The molecular weight excluding hydrogens is 402 g/mol. The van der Waals surface area contributed by atoms with E-state index in [9.17, 15) is 4.79 Å². The van der Waals surface area contributed by atoms with Gasteiger partial charge in [0.05, 0.1) is 17.6 Å². The van der Waals surface area contributed by atoms with Gasteiger partial charge in [0.2, 0.25) is 5.91 Å². The molecule has 0 bridgehead atoms. The van der Waals surface area contributed by atoms with Gasteiger partial charge in [-0.3, -0.25) is 4.79 Å². The van der Waals surface area contributed by atoms with E-state index in [1.54, 1.807) is 0 Å². The van der Waals surface area contributed by atoms with Crippen LogP contribution in [0.4, 0.5) is 0 Å². The molecule has 1 saturated heterocycles. The van der Waals surface area contributed by atoms with Crippen molar-refractivity contribution in [2.75, 3.05) is 19.8 Å². The highest BCUT2D eigenvalue weighted by Crippen LogP contribution is 2.19. The number of hydrogen-bond acceptors (Lipinski definition) is 4. The Bertz CT molecular complexity index is 1020. The topological polar surface area (TPSA) is 65.4 Å². The molecule has 0 aliphatic carbocycles. The molecule has 0 radical (unpaired) electrons. The number of imidazole rings is 1. The number of rotatable bonds is 11. The van der Waals surface area contributed by atoms with Crippen LogP contribution in [0.1, 0.15) is 43.5 Å². The number of para-hydroxylation sites is 2. The van der Waals surface area contributed by atoms with Crippen molar-refractivity contribution in [2.45, 2.75) is 58.1 Å². The van der Waals surface area contributed by atoms with Crippen LogP contribution in [-0.4, -0.2) is 41.3 Å². The average Bonchev–Trinajstić information content (AvgIpc) is 3.45. The van der Waals surface area contributed by atoms with Crippen LogP contribution >= 0.6 is 0 Å². The lowest BCUT2D eigenvalue weighted by molar-refractivity contribution is -0.130. The molecule has 1 aliphatic heterocycles. The number of carbonyl (C=O) groups is 1. The normalized spacial score (nSPS) is 15.8. The highest BCUT2D eigenvalue weighted by atomic mass is 16.5. The first-order chi connectivity index (χ1) is 15.7. The Morgan fingerprint density at radius 1 is 1.19 bits per heavy atom. The Labute approximate surface area is 189 Å². The van der Waals surface area contributed by atoms with E-state index in [0.29, 0.717) is 19.8 Å². The molecule has 1 atom stereocenters. The molecule has 0 saturated carbocycles. The molecule has 6 nitrogen and oxygen atoms in total. The molecule has 6 heteroatoms. The van der Waals surface area contributed by atoms with Gasteiger partial charge in [0, 0.05) is 19.6 Å². The van der Waals surface area contributed by atoms with Gasteiger partial charge in [0.15, 0.2) is 0 Å². The van der Waals surface area contributed by atoms with Crippen LogP contribution < -0.4 is 10.1 Å². The van der Waals surface area contributed by atoms with E-state index in [4.69, 9.17) is 14.5 Å². The molecule has 2 aromatic carbocycles. The van der Waals surface area contributed by atoms with Crippen LogP contribution in [0.3, 0.4) is 0 Å². The Hall–Kier alpha value is -2.86. The zero-order chi connectivity index (χ0) is 22.2. The molecule has 1 aliphatic rings. The molecule has 1 aromatic heterocycles. The van der Waals surface area contributed by atoms with E-state index >= 15 is 0 Å². The van der Waals surface area contributed by atoms with Gasteiger partial charge in [-0.05, 0) is 62.4 Å². The molecular formula is C26H33N3O3. The lowest BCUT2D eigenvalue weighted by Gasteiger charge is -2.12. The second-order valence-corrected chi connectivity index (χ2v) is 8.44. The van der Waals surface area contributed by atoms with E-state index < -0.39 is 0 Å². The van der Waals surface area contributed by atoms with Crippen molar-refractivity contribution in [2.24, 2.45) is 0 Å². The van der Waals surface area contributed by atoms with Gasteiger partial charge in [-0.1, -0.05) is 30.7 Å². The SMILES string of the molecule is Cc1cccc(OCCn2c(CCCCCNC(=O)C3CCCO3)nc3ccccc32)c1. The van der Waals surface area contributed by atoms with Crippen LogP contribution in [0, 0.1) is 6.92 Å². The van der Waals surface area contributed by atoms with Crippen molar-refractivity contribution < 1.29 is 14.3 Å². The summed E-state index contributed by atoms with van der Waals surface area (Å²) in [6.07, 6.45) is 5.56. The lowest BCUT2D eigenvalue weighted by atomic mass is 10.2. The minimum absolute atomic E-state index is 0.0397. The van der Waals surface area contributed by atoms with Gasteiger partial charge in [-0.25, -0.2) is 4.98 Å². The lowest BCUT2D eigenvalue weighted by Crippen LogP contribution is -2.34. The molecule has 1 unspecified atom stereocenters. The minimum atomic E-state index is -0.239. The van der Waals surface area contributed by atoms with Crippen LogP contribution in [0.5, 0.6) is 5.75 Å². The maximum absolute atomic E-state index is 12.0. The fourth-order valence-corrected chi connectivity index (χ4v) is 4.22. The van der Waals surface area contributed by atoms with Crippen LogP contribution in [0.15, 0.2) is 48.5 Å². The zero-order valence-electron chi connectivity index (χ0n) is 18.9. The maximum atomic E-state index is 12.0. The maximum Gasteiger partial charge on any atom is 0.249 e. The summed E-state index contributed by atoms with van der Waals surface area (Å²) >= 11 is 0. The number of amides is 1. The van der Waals surface area contributed by atoms with Crippen molar-refractivity contribution >= 4 is 16.9 Å². The first-order valence-corrected chi connectivity index (χ1v) is 11.7. The molecule has 3 aromatic rings. The highest BCUT2D eigenvalue weighted by molar-refractivity contribution is 5.80. The predicted molar refractivity (Wildman–Crippen MR) is 126 cm³/mol. The van der Waals surface area contributed by atoms with Gasteiger partial charge in [-0.15, -0.1) is 0 Å². The summed E-state index contributed by atoms with van der Waals surface area (Å²) in [7, 11) is 0. The number of ether oxygens (including phenoxy) is 2. The van der Waals surface area contributed by atoms with Crippen LogP contribution in [0.25, 0.3) is 11.0 Å². The monoisotopic (exact) mass is 435 g/mol. The Balaban J connectivity index is 1.26. The number of carbonyl (C=O) groups excluding carboxylic acids is 1. The van der Waals surface area contributed by atoms with Gasteiger partial charge in [0.25, 0.3) is 0 Å². The highest BCUT2D eigenvalue weighted by Gasteiger charge is 2.22. The third-order valence-electron chi connectivity index (χ3n) is 5.91. The number of aromatic nitrogens is 2. The smallest absolute Gasteiger partial charge is 0.249 e. The third-order valence-corrected chi connectivity index (χ3v) is 5.91. The Morgan fingerprint density at radius 3 is 2.94 bits per heavy atom. The molecule has 4 rings (SSSR count). The summed E-state index contributed by atoms with van der Waals surface area (Å²) < 4.78 is 13.7. The molecule has 0 spiro atoms. The standard InChI is InChI=1S/C26H33N3O3/c1-20-9-7-10-21(19-20)31-18-16-29-23-12-5-4-11-22(23)28-25(29)14-3-2-6-15-27-26(30)24-13-8-17-32-24/h4-5,7,9-12,19,24H,2-3,6,8,13-18H2,1H3,(H,27,30). The summed E-state index contributed by atoms with van der Waals surface area (Å²) in [5.41, 5.74) is 3.38. The largest absolute Gasteiger partial charge is 0.492 e. The molecule has 1 amide bonds. The van der Waals surface area contributed by atoms with E-state index in [1.165, 1.54) is 5.56 Å². The van der Waals surface area contributed by atoms with Crippen LogP contribution in [0.2, 0.25) is 0 Å². The predicted octanol–water partition coefficient (Wildman–Crippen LogP) is 4.43. The van der Waals surface area contributed by atoms with Crippen molar-refractivity contribution in [3.8, 4) is 5.75 Å².